The smallest absolute Gasteiger partial charge is 0.146 e. The third-order valence-electron chi connectivity index (χ3n) is 2.16. The average Bonchev–Trinajstić information content (AvgIpc) is 2.59. The minimum absolute atomic E-state index is 0.354. The molecule has 0 aliphatic carbocycles. The molecule has 5 heteroatoms. The summed E-state index contributed by atoms with van der Waals surface area (Å²) in [5, 5.41) is 3.89. The zero-order valence-corrected chi connectivity index (χ0v) is 8.40. The molecule has 0 aliphatic heterocycles. The lowest BCUT2D eigenvalue weighted by atomic mass is 10.1. The van der Waals surface area contributed by atoms with Crippen LogP contribution in [-0.4, -0.2) is 10.1 Å². The first-order valence-corrected chi connectivity index (χ1v) is 4.58. The number of nitrogen functional groups attached to an aromatic ring is 2. The number of nitrogens with two attached hydrogens (primary N) is 2. The van der Waals surface area contributed by atoms with E-state index < -0.39 is 0 Å². The number of hydrogen-bond acceptors (Lipinski definition) is 5. The van der Waals surface area contributed by atoms with Crippen molar-refractivity contribution in [2.45, 2.75) is 13.3 Å². The van der Waals surface area contributed by atoms with E-state index in [1.165, 1.54) is 0 Å². The summed E-state index contributed by atoms with van der Waals surface area (Å²) in [5.74, 6) is 1.14. The molecular weight excluding hydrogens is 192 g/mol. The molecule has 0 saturated carbocycles. The van der Waals surface area contributed by atoms with Gasteiger partial charge in [-0.1, -0.05) is 5.16 Å². The quantitative estimate of drug-likeness (QED) is 0.765. The molecule has 0 aromatic carbocycles. The first-order valence-electron chi connectivity index (χ1n) is 4.58. The molecule has 2 heterocycles. The van der Waals surface area contributed by atoms with Gasteiger partial charge >= 0.3 is 0 Å². The van der Waals surface area contributed by atoms with Crippen molar-refractivity contribution in [1.82, 2.24) is 10.1 Å². The van der Waals surface area contributed by atoms with Crippen LogP contribution in [0, 0.1) is 6.92 Å². The van der Waals surface area contributed by atoms with Crippen molar-refractivity contribution in [2.75, 3.05) is 11.5 Å². The summed E-state index contributed by atoms with van der Waals surface area (Å²) in [5.41, 5.74) is 13.7. The number of rotatable bonds is 2. The van der Waals surface area contributed by atoms with Crippen LogP contribution in [-0.2, 0) is 6.42 Å². The topological polar surface area (TPSA) is 91.0 Å². The highest BCUT2D eigenvalue weighted by Crippen LogP contribution is 2.19. The number of aryl methyl sites for hydroxylation is 1. The largest absolute Gasteiger partial charge is 0.396 e. The van der Waals surface area contributed by atoms with Crippen LogP contribution in [0.1, 0.15) is 17.0 Å². The maximum atomic E-state index is 5.79. The molecule has 0 unspecified atom stereocenters. The van der Waals surface area contributed by atoms with Crippen LogP contribution in [0.3, 0.4) is 0 Å². The molecule has 0 amide bonds. The van der Waals surface area contributed by atoms with Crippen LogP contribution in [0.15, 0.2) is 22.9 Å². The van der Waals surface area contributed by atoms with Crippen molar-refractivity contribution in [3.63, 3.8) is 0 Å². The highest BCUT2D eigenvalue weighted by molar-refractivity contribution is 5.63. The van der Waals surface area contributed by atoms with Gasteiger partial charge in [-0.3, -0.25) is 0 Å². The van der Waals surface area contributed by atoms with E-state index >= 15 is 0 Å². The number of hydrogen-bond donors (Lipinski definition) is 2. The molecule has 0 bridgehead atoms. The van der Waals surface area contributed by atoms with E-state index in [1.807, 2.05) is 19.1 Å². The summed E-state index contributed by atoms with van der Waals surface area (Å²) in [4.78, 5) is 3.90. The Kier molecular flexibility index (Phi) is 2.29. The zero-order chi connectivity index (χ0) is 10.8. The first-order chi connectivity index (χ1) is 7.16. The fourth-order valence-corrected chi connectivity index (χ4v) is 1.38. The van der Waals surface area contributed by atoms with Crippen LogP contribution in [0.2, 0.25) is 0 Å². The van der Waals surface area contributed by atoms with Crippen molar-refractivity contribution in [1.29, 1.82) is 0 Å². The molecule has 4 N–H and O–H groups in total. The second-order valence-electron chi connectivity index (χ2n) is 3.37. The predicted octanol–water partition coefficient (Wildman–Crippen LogP) is 1.13. The van der Waals surface area contributed by atoms with Gasteiger partial charge in [-0.15, -0.1) is 0 Å². The monoisotopic (exact) mass is 204 g/mol. The molecule has 78 valence electrons. The van der Waals surface area contributed by atoms with Crippen LogP contribution in [0.25, 0.3) is 0 Å². The van der Waals surface area contributed by atoms with Gasteiger partial charge in [0.25, 0.3) is 0 Å². The summed E-state index contributed by atoms with van der Waals surface area (Å²) < 4.78 is 4.97. The summed E-state index contributed by atoms with van der Waals surface area (Å²) >= 11 is 0. The second-order valence-corrected chi connectivity index (χ2v) is 3.37. The van der Waals surface area contributed by atoms with E-state index in [-0.39, 0.29) is 0 Å². The molecular formula is C10H12N4O. The maximum absolute atomic E-state index is 5.79. The van der Waals surface area contributed by atoms with Gasteiger partial charge in [0.15, 0.2) is 0 Å². The number of nitrogens with zero attached hydrogens (tertiary/aromatic N) is 2. The van der Waals surface area contributed by atoms with Crippen LogP contribution in [0.5, 0.6) is 0 Å². The van der Waals surface area contributed by atoms with Crippen LogP contribution in [0.4, 0.5) is 11.5 Å². The third-order valence-corrected chi connectivity index (χ3v) is 2.16. The number of pyridine rings is 1. The van der Waals surface area contributed by atoms with Gasteiger partial charge in [-0.2, -0.15) is 0 Å². The Balaban J connectivity index is 2.28. The van der Waals surface area contributed by atoms with Crippen molar-refractivity contribution in [3.05, 3.63) is 35.3 Å². The molecule has 0 atom stereocenters. The lowest BCUT2D eigenvalue weighted by molar-refractivity contribution is 0.392. The lowest BCUT2D eigenvalue weighted by Gasteiger charge is -2.04. The maximum Gasteiger partial charge on any atom is 0.146 e. The summed E-state index contributed by atoms with van der Waals surface area (Å²) in [6, 6.07) is 3.70. The summed E-state index contributed by atoms with van der Waals surface area (Å²) in [6.07, 6.45) is 2.24. The molecule has 0 spiro atoms. The van der Waals surface area contributed by atoms with E-state index in [1.54, 1.807) is 6.20 Å². The minimum atomic E-state index is 0.354. The molecule has 2 aromatic heterocycles. The van der Waals surface area contributed by atoms with Gasteiger partial charge in [-0.25, -0.2) is 4.98 Å². The Morgan fingerprint density at radius 2 is 2.20 bits per heavy atom. The van der Waals surface area contributed by atoms with Gasteiger partial charge in [0.2, 0.25) is 0 Å². The number of aromatic nitrogens is 2. The summed E-state index contributed by atoms with van der Waals surface area (Å²) in [6.45, 7) is 1.85. The normalized spacial score (nSPS) is 10.5. The second kappa shape index (κ2) is 3.61. The zero-order valence-electron chi connectivity index (χ0n) is 8.40. The van der Waals surface area contributed by atoms with Crippen LogP contribution < -0.4 is 11.5 Å². The Morgan fingerprint density at radius 3 is 2.87 bits per heavy atom. The SMILES string of the molecule is Cc1cc(Cc2ccnc(N)c2N)no1. The third kappa shape index (κ3) is 1.90. The van der Waals surface area contributed by atoms with E-state index in [9.17, 15) is 0 Å². The molecule has 5 nitrogen and oxygen atoms in total. The van der Waals surface area contributed by atoms with E-state index in [4.69, 9.17) is 16.0 Å². The van der Waals surface area contributed by atoms with E-state index in [2.05, 4.69) is 10.1 Å². The fraction of sp³-hybridized carbons (Fsp3) is 0.200. The number of anilines is 2. The predicted molar refractivity (Wildman–Crippen MR) is 57.1 cm³/mol. The van der Waals surface area contributed by atoms with E-state index in [0.29, 0.717) is 17.9 Å². The summed E-state index contributed by atoms with van der Waals surface area (Å²) in [7, 11) is 0. The van der Waals surface area contributed by atoms with Crippen molar-refractivity contribution < 1.29 is 4.52 Å². The highest BCUT2D eigenvalue weighted by Gasteiger charge is 2.07. The fourth-order valence-electron chi connectivity index (χ4n) is 1.38. The van der Waals surface area contributed by atoms with Gasteiger partial charge < -0.3 is 16.0 Å². The standard InChI is InChI=1S/C10H12N4O/c1-6-4-8(14-15-6)5-7-2-3-13-10(12)9(7)11/h2-4H,5,11H2,1H3,(H2,12,13). The minimum Gasteiger partial charge on any atom is -0.396 e. The molecule has 2 rings (SSSR count). The Labute approximate surface area is 87.1 Å². The first kappa shape index (κ1) is 9.51. The highest BCUT2D eigenvalue weighted by atomic mass is 16.5. The molecule has 0 fully saturated rings. The Morgan fingerprint density at radius 1 is 1.40 bits per heavy atom. The molecule has 0 aliphatic rings. The van der Waals surface area contributed by atoms with Crippen molar-refractivity contribution >= 4 is 11.5 Å². The Bertz CT molecular complexity index is 478. The molecule has 0 saturated heterocycles. The molecule has 0 radical (unpaired) electrons. The van der Waals surface area contributed by atoms with E-state index in [0.717, 1.165) is 17.0 Å². The Hall–Kier alpha value is -2.04. The van der Waals surface area contributed by atoms with Crippen molar-refractivity contribution in [2.24, 2.45) is 0 Å². The van der Waals surface area contributed by atoms with Gasteiger partial charge in [0.1, 0.15) is 11.6 Å². The lowest BCUT2D eigenvalue weighted by Crippen LogP contribution is -2.02. The van der Waals surface area contributed by atoms with Crippen LogP contribution >= 0.6 is 0 Å². The van der Waals surface area contributed by atoms with Gasteiger partial charge in [0, 0.05) is 18.7 Å². The molecule has 2 aromatic rings. The van der Waals surface area contributed by atoms with Gasteiger partial charge in [-0.05, 0) is 18.6 Å². The van der Waals surface area contributed by atoms with Gasteiger partial charge in [0.05, 0.1) is 11.4 Å². The van der Waals surface area contributed by atoms with Crippen molar-refractivity contribution in [3.8, 4) is 0 Å². The molecule has 15 heavy (non-hydrogen) atoms. The average molecular weight is 204 g/mol.